The predicted octanol–water partition coefficient (Wildman–Crippen LogP) is 2.10. The number of carboxylic acids is 1. The number of ether oxygens (including phenoxy) is 1. The van der Waals surface area contributed by atoms with Crippen molar-refractivity contribution in [2.75, 3.05) is 0 Å². The van der Waals surface area contributed by atoms with Crippen LogP contribution in [-0.4, -0.2) is 34.1 Å². The zero-order valence-corrected chi connectivity index (χ0v) is 19.5. The van der Waals surface area contributed by atoms with Gasteiger partial charge in [-0.05, 0) is 61.7 Å². The molecule has 4 rings (SSSR count). The molecule has 0 aliphatic heterocycles. The van der Waals surface area contributed by atoms with Crippen LogP contribution in [0.15, 0.2) is 51.8 Å². The van der Waals surface area contributed by atoms with Crippen LogP contribution in [0.1, 0.15) is 30.5 Å². The molecule has 4 aromatic rings. The van der Waals surface area contributed by atoms with Gasteiger partial charge in [0.2, 0.25) is 0 Å². The summed E-state index contributed by atoms with van der Waals surface area (Å²) in [7, 11) is 0. The normalized spacial score (nSPS) is 13.0. The number of carboxylic acid groups (broad SMARTS) is 1. The SMILES string of the molecule is CCc1cc(=O)oc2c(C)c(O[C@H](C)C(=O)N[C@H](Cc3c[nH]c4ccc(O)cc34)C(=O)[O-])ccc12. The Morgan fingerprint density at radius 3 is 2.66 bits per heavy atom. The van der Waals surface area contributed by atoms with E-state index in [1.807, 2.05) is 6.92 Å². The Kier molecular flexibility index (Phi) is 6.50. The van der Waals surface area contributed by atoms with Crippen LogP contribution in [-0.2, 0) is 22.4 Å². The standard InChI is InChI=1S/C26H26N2O7/c1-4-15-10-23(30)35-24-13(2)22(8-6-18(15)24)34-14(3)25(31)28-21(26(32)33)9-16-12-27-20-7-5-17(29)11-19(16)20/h5-8,10-12,14,21,27,29H,4,9H2,1-3H3,(H,28,31)(H,32,33)/p-1/t14-,21-/m1/s1. The molecule has 0 aliphatic carbocycles. The third-order valence-corrected chi connectivity index (χ3v) is 6.03. The van der Waals surface area contributed by atoms with E-state index >= 15 is 0 Å². The zero-order chi connectivity index (χ0) is 25.3. The van der Waals surface area contributed by atoms with Crippen LogP contribution in [0.2, 0.25) is 0 Å². The fourth-order valence-corrected chi connectivity index (χ4v) is 4.11. The number of H-pyrrole nitrogens is 1. The highest BCUT2D eigenvalue weighted by Gasteiger charge is 2.23. The molecule has 9 heteroatoms. The first-order valence-electron chi connectivity index (χ1n) is 11.2. The number of aromatic amines is 1. The average molecular weight is 477 g/mol. The van der Waals surface area contributed by atoms with E-state index in [9.17, 15) is 24.6 Å². The Hall–Kier alpha value is -4.27. The Labute approximate surface area is 200 Å². The molecular formula is C26H25N2O7-. The van der Waals surface area contributed by atoms with Gasteiger partial charge in [-0.3, -0.25) is 4.79 Å². The Bertz CT molecular complexity index is 1480. The number of benzene rings is 2. The van der Waals surface area contributed by atoms with E-state index in [1.165, 1.54) is 25.1 Å². The van der Waals surface area contributed by atoms with Gasteiger partial charge >= 0.3 is 5.63 Å². The highest BCUT2D eigenvalue weighted by atomic mass is 16.5. The summed E-state index contributed by atoms with van der Waals surface area (Å²) in [5.74, 6) is -1.71. The van der Waals surface area contributed by atoms with E-state index in [4.69, 9.17) is 9.15 Å². The number of carbonyl (C=O) groups is 2. The minimum Gasteiger partial charge on any atom is -0.548 e. The number of aliphatic carboxylic acids is 1. The lowest BCUT2D eigenvalue weighted by molar-refractivity contribution is -0.308. The number of aromatic nitrogens is 1. The molecule has 0 spiro atoms. The first-order chi connectivity index (χ1) is 16.7. The second kappa shape index (κ2) is 9.54. The number of nitrogens with one attached hydrogen (secondary N) is 2. The Morgan fingerprint density at radius 2 is 1.94 bits per heavy atom. The second-order valence-corrected chi connectivity index (χ2v) is 8.40. The Morgan fingerprint density at radius 1 is 1.17 bits per heavy atom. The first-order valence-corrected chi connectivity index (χ1v) is 11.2. The molecule has 2 heterocycles. The van der Waals surface area contributed by atoms with Crippen molar-refractivity contribution in [2.45, 2.75) is 45.8 Å². The summed E-state index contributed by atoms with van der Waals surface area (Å²) in [5, 5.41) is 25.4. The molecule has 0 aliphatic rings. The molecular weight excluding hydrogens is 452 g/mol. The van der Waals surface area contributed by atoms with Crippen LogP contribution in [0, 0.1) is 6.92 Å². The topological polar surface area (TPSA) is 145 Å². The van der Waals surface area contributed by atoms with E-state index in [0.29, 0.717) is 34.3 Å². The third kappa shape index (κ3) is 4.84. The zero-order valence-electron chi connectivity index (χ0n) is 19.5. The minimum absolute atomic E-state index is 0.0436. The van der Waals surface area contributed by atoms with E-state index in [2.05, 4.69) is 10.3 Å². The smallest absolute Gasteiger partial charge is 0.336 e. The lowest BCUT2D eigenvalue weighted by Gasteiger charge is -2.23. The summed E-state index contributed by atoms with van der Waals surface area (Å²) in [5.41, 5.74) is 2.65. The van der Waals surface area contributed by atoms with Gasteiger partial charge in [-0.25, -0.2) is 4.79 Å². The molecule has 0 unspecified atom stereocenters. The summed E-state index contributed by atoms with van der Waals surface area (Å²) in [6.07, 6.45) is 1.19. The monoisotopic (exact) mass is 477 g/mol. The number of fused-ring (bicyclic) bond motifs is 2. The maximum absolute atomic E-state index is 12.8. The molecule has 3 N–H and O–H groups in total. The molecule has 9 nitrogen and oxygen atoms in total. The van der Waals surface area contributed by atoms with Gasteiger partial charge in [0.05, 0.1) is 12.0 Å². The summed E-state index contributed by atoms with van der Waals surface area (Å²) >= 11 is 0. The summed E-state index contributed by atoms with van der Waals surface area (Å²) in [6, 6.07) is 8.30. The van der Waals surface area contributed by atoms with Gasteiger partial charge in [-0.15, -0.1) is 0 Å². The summed E-state index contributed by atoms with van der Waals surface area (Å²) < 4.78 is 11.2. The second-order valence-electron chi connectivity index (χ2n) is 8.40. The van der Waals surface area contributed by atoms with Gasteiger partial charge in [0.1, 0.15) is 17.1 Å². The van der Waals surface area contributed by atoms with E-state index < -0.39 is 29.6 Å². The van der Waals surface area contributed by atoms with E-state index in [0.717, 1.165) is 16.5 Å². The van der Waals surface area contributed by atoms with Crippen molar-refractivity contribution in [1.29, 1.82) is 0 Å². The fraction of sp³-hybridized carbons (Fsp3) is 0.269. The molecule has 182 valence electrons. The number of hydrogen-bond acceptors (Lipinski definition) is 7. The maximum atomic E-state index is 12.8. The molecule has 2 aromatic carbocycles. The fourth-order valence-electron chi connectivity index (χ4n) is 4.11. The van der Waals surface area contributed by atoms with Crippen molar-refractivity contribution in [3.8, 4) is 11.5 Å². The molecule has 0 saturated carbocycles. The van der Waals surface area contributed by atoms with Crippen LogP contribution >= 0.6 is 0 Å². The highest BCUT2D eigenvalue weighted by molar-refractivity contribution is 5.89. The number of aromatic hydroxyl groups is 1. The molecule has 2 atom stereocenters. The quantitative estimate of drug-likeness (QED) is 0.330. The molecule has 35 heavy (non-hydrogen) atoms. The number of phenolic OH excluding ortho intramolecular Hbond substituents is 1. The summed E-state index contributed by atoms with van der Waals surface area (Å²) in [4.78, 5) is 39.5. The number of carbonyl (C=O) groups excluding carboxylic acids is 2. The average Bonchev–Trinajstić information content (AvgIpc) is 3.21. The number of phenols is 1. The van der Waals surface area contributed by atoms with Crippen molar-refractivity contribution >= 4 is 33.7 Å². The van der Waals surface area contributed by atoms with Crippen LogP contribution in [0.5, 0.6) is 11.5 Å². The predicted molar refractivity (Wildman–Crippen MR) is 127 cm³/mol. The molecule has 0 bridgehead atoms. The van der Waals surface area contributed by atoms with Crippen molar-refractivity contribution in [1.82, 2.24) is 10.3 Å². The van der Waals surface area contributed by atoms with E-state index in [1.54, 1.807) is 31.3 Å². The van der Waals surface area contributed by atoms with E-state index in [-0.39, 0.29) is 12.2 Å². The summed E-state index contributed by atoms with van der Waals surface area (Å²) in [6.45, 7) is 5.15. The number of amides is 1. The molecule has 0 radical (unpaired) electrons. The first kappa shape index (κ1) is 23.9. The van der Waals surface area contributed by atoms with Crippen LogP contribution in [0.4, 0.5) is 0 Å². The molecule has 2 aromatic heterocycles. The highest BCUT2D eigenvalue weighted by Crippen LogP contribution is 2.29. The van der Waals surface area contributed by atoms with Crippen LogP contribution < -0.4 is 20.8 Å². The van der Waals surface area contributed by atoms with Crippen molar-refractivity contribution in [3.05, 3.63) is 69.7 Å². The number of rotatable bonds is 8. The largest absolute Gasteiger partial charge is 0.548 e. The van der Waals surface area contributed by atoms with Gasteiger partial charge in [0.15, 0.2) is 6.10 Å². The third-order valence-electron chi connectivity index (χ3n) is 6.03. The van der Waals surface area contributed by atoms with Gasteiger partial charge < -0.3 is 34.5 Å². The van der Waals surface area contributed by atoms with Crippen LogP contribution in [0.3, 0.4) is 0 Å². The van der Waals surface area contributed by atoms with Crippen molar-refractivity contribution in [3.63, 3.8) is 0 Å². The number of aryl methyl sites for hydroxylation is 2. The van der Waals surface area contributed by atoms with Gasteiger partial charge in [0, 0.05) is 40.5 Å². The van der Waals surface area contributed by atoms with Gasteiger partial charge in [0.25, 0.3) is 5.91 Å². The number of hydrogen-bond donors (Lipinski definition) is 3. The minimum atomic E-state index is -1.45. The molecule has 0 fully saturated rings. The molecule has 1 amide bonds. The van der Waals surface area contributed by atoms with Gasteiger partial charge in [-0.1, -0.05) is 6.92 Å². The molecule has 0 saturated heterocycles. The lowest BCUT2D eigenvalue weighted by atomic mass is 10.0. The maximum Gasteiger partial charge on any atom is 0.336 e. The van der Waals surface area contributed by atoms with Crippen LogP contribution in [0.25, 0.3) is 21.9 Å². The lowest BCUT2D eigenvalue weighted by Crippen LogP contribution is -2.52. The van der Waals surface area contributed by atoms with Gasteiger partial charge in [-0.2, -0.15) is 0 Å². The van der Waals surface area contributed by atoms with Crippen molar-refractivity contribution < 1.29 is 29.0 Å². The Balaban J connectivity index is 1.52. The van der Waals surface area contributed by atoms with Crippen molar-refractivity contribution in [2.24, 2.45) is 0 Å².